The molecule has 1 N–H and O–H groups in total. The summed E-state index contributed by atoms with van der Waals surface area (Å²) < 4.78 is 77.8. The predicted octanol–water partition coefficient (Wildman–Crippen LogP) is 5.28. The third-order valence-corrected chi connectivity index (χ3v) is 3.02. The lowest BCUT2D eigenvalue weighted by molar-refractivity contribution is -0.137. The molecule has 0 aliphatic rings. The molecule has 128 valence electrons. The maximum Gasteiger partial charge on any atom is 0.449 e. The zero-order chi connectivity index (χ0) is 17.8. The highest BCUT2D eigenvalue weighted by atomic mass is 19.4. The van der Waals surface area contributed by atoms with Crippen LogP contribution in [0.1, 0.15) is 11.1 Å². The molecule has 0 bridgehead atoms. The van der Waals surface area contributed by atoms with Gasteiger partial charge in [0.25, 0.3) is 0 Å². The van der Waals surface area contributed by atoms with Gasteiger partial charge in [-0.15, -0.1) is 0 Å². The number of aliphatic imine (C=N–C) groups is 1. The predicted molar refractivity (Wildman–Crippen MR) is 78.7 cm³/mol. The molecule has 0 spiro atoms. The molecule has 0 saturated heterocycles. The van der Waals surface area contributed by atoms with E-state index in [1.807, 2.05) is 0 Å². The van der Waals surface area contributed by atoms with E-state index < -0.39 is 29.4 Å². The Morgan fingerprint density at radius 1 is 0.833 bits per heavy atom. The van der Waals surface area contributed by atoms with Crippen LogP contribution >= 0.6 is 0 Å². The molecule has 0 unspecified atom stereocenters. The van der Waals surface area contributed by atoms with Crippen LogP contribution in [0.3, 0.4) is 0 Å². The van der Waals surface area contributed by atoms with Crippen LogP contribution < -0.4 is 5.32 Å². The number of amidine groups is 1. The summed E-state index contributed by atoms with van der Waals surface area (Å²) >= 11 is 0. The first-order valence-electron chi connectivity index (χ1n) is 6.77. The second kappa shape index (κ2) is 6.94. The molecule has 2 aromatic carbocycles. The Kier molecular flexibility index (Phi) is 5.16. The molecule has 0 fully saturated rings. The van der Waals surface area contributed by atoms with Crippen molar-refractivity contribution in [3.05, 3.63) is 65.7 Å². The Morgan fingerprint density at radius 3 is 2.00 bits per heavy atom. The van der Waals surface area contributed by atoms with E-state index in [0.29, 0.717) is 11.6 Å². The molecule has 0 aliphatic carbocycles. The van der Waals surface area contributed by atoms with Gasteiger partial charge in [-0.1, -0.05) is 42.5 Å². The minimum Gasteiger partial charge on any atom is -0.336 e. The topological polar surface area (TPSA) is 24.4 Å². The summed E-state index contributed by atoms with van der Waals surface area (Å²) in [4.78, 5) is 3.40. The minimum atomic E-state index is -4.91. The summed E-state index contributed by atoms with van der Waals surface area (Å²) in [7, 11) is 0. The molecule has 2 nitrogen and oxygen atoms in total. The second-order valence-corrected chi connectivity index (χ2v) is 4.82. The van der Waals surface area contributed by atoms with Crippen LogP contribution in [-0.4, -0.2) is 12.0 Å². The molecular weight excluding hydrogens is 334 g/mol. The fourth-order valence-electron chi connectivity index (χ4n) is 1.92. The van der Waals surface area contributed by atoms with Crippen molar-refractivity contribution < 1.29 is 26.3 Å². The van der Waals surface area contributed by atoms with Crippen LogP contribution in [0, 0.1) is 0 Å². The first-order valence-corrected chi connectivity index (χ1v) is 6.77. The summed E-state index contributed by atoms with van der Waals surface area (Å²) in [5.74, 6) is -1.48. The number of benzene rings is 2. The number of nitrogens with one attached hydrogen (secondary N) is 1. The van der Waals surface area contributed by atoms with Gasteiger partial charge in [0.05, 0.1) is 17.8 Å². The van der Waals surface area contributed by atoms with Gasteiger partial charge < -0.3 is 5.32 Å². The minimum absolute atomic E-state index is 0.309. The Morgan fingerprint density at radius 2 is 1.42 bits per heavy atom. The summed E-state index contributed by atoms with van der Waals surface area (Å²) in [6, 6.07) is 12.0. The molecule has 0 amide bonds. The number of rotatable bonds is 3. The monoisotopic (exact) mass is 346 g/mol. The molecule has 0 saturated carbocycles. The largest absolute Gasteiger partial charge is 0.449 e. The molecule has 0 aromatic heterocycles. The molecule has 8 heteroatoms. The molecule has 0 aliphatic heterocycles. The Hall–Kier alpha value is -2.51. The Bertz CT molecular complexity index is 704. The molecule has 2 aromatic rings. The lowest BCUT2D eigenvalue weighted by atomic mass is 10.1. The summed E-state index contributed by atoms with van der Waals surface area (Å²) in [5.41, 5.74) is -1.39. The van der Waals surface area contributed by atoms with Gasteiger partial charge in [-0.2, -0.15) is 26.3 Å². The fraction of sp³-hybridized carbons (Fsp3) is 0.188. The van der Waals surface area contributed by atoms with Crippen molar-refractivity contribution in [3.8, 4) is 0 Å². The van der Waals surface area contributed by atoms with Crippen molar-refractivity contribution in [2.75, 3.05) is 5.32 Å². The molecule has 2 rings (SSSR count). The highest BCUT2D eigenvalue weighted by Gasteiger charge is 2.39. The standard InChI is InChI=1S/C16H12F6N2/c17-15(18,19)12-8-4-5-9-13(12)24-14(16(20,21)22)23-10-11-6-2-1-3-7-11/h1-9H,10H2,(H,23,24). The maximum absolute atomic E-state index is 13.1. The number of hydrogen-bond donors (Lipinski definition) is 1. The van der Waals surface area contributed by atoms with Crippen molar-refractivity contribution in [1.29, 1.82) is 0 Å². The van der Waals surface area contributed by atoms with Crippen molar-refractivity contribution in [2.24, 2.45) is 4.99 Å². The SMILES string of the molecule is FC(F)(F)C(=NCc1ccccc1)Nc1ccccc1C(F)(F)F. The third-order valence-electron chi connectivity index (χ3n) is 3.02. The van der Waals surface area contributed by atoms with E-state index in [1.54, 1.807) is 35.6 Å². The van der Waals surface area contributed by atoms with Crippen LogP contribution in [0.4, 0.5) is 32.0 Å². The zero-order valence-electron chi connectivity index (χ0n) is 12.1. The average Bonchev–Trinajstić information content (AvgIpc) is 2.50. The lowest BCUT2D eigenvalue weighted by Crippen LogP contribution is -2.31. The van der Waals surface area contributed by atoms with Crippen molar-refractivity contribution in [2.45, 2.75) is 18.9 Å². The van der Waals surface area contributed by atoms with E-state index in [4.69, 9.17) is 0 Å². The van der Waals surface area contributed by atoms with Crippen LogP contribution in [-0.2, 0) is 12.7 Å². The Balaban J connectivity index is 2.31. The molecule has 0 heterocycles. The highest BCUT2D eigenvalue weighted by molar-refractivity contribution is 6.00. The molecular formula is C16H12F6N2. The number of alkyl halides is 6. The van der Waals surface area contributed by atoms with Crippen LogP contribution in [0.2, 0.25) is 0 Å². The van der Waals surface area contributed by atoms with Gasteiger partial charge in [0.15, 0.2) is 0 Å². The number of nitrogens with zero attached hydrogens (tertiary/aromatic N) is 1. The van der Waals surface area contributed by atoms with E-state index in [0.717, 1.165) is 12.1 Å². The van der Waals surface area contributed by atoms with Gasteiger partial charge in [-0.25, -0.2) is 0 Å². The normalized spacial score (nSPS) is 13.0. The van der Waals surface area contributed by atoms with E-state index >= 15 is 0 Å². The highest BCUT2D eigenvalue weighted by Crippen LogP contribution is 2.35. The smallest absolute Gasteiger partial charge is 0.336 e. The summed E-state index contributed by atoms with van der Waals surface area (Å²) in [6.45, 7) is -0.309. The van der Waals surface area contributed by atoms with Crippen LogP contribution in [0.5, 0.6) is 0 Å². The van der Waals surface area contributed by atoms with Gasteiger partial charge >= 0.3 is 12.4 Å². The number of anilines is 1. The Labute approximate surface area is 133 Å². The van der Waals surface area contributed by atoms with Crippen molar-refractivity contribution >= 4 is 11.5 Å². The van der Waals surface area contributed by atoms with Gasteiger partial charge in [0, 0.05) is 0 Å². The first kappa shape index (κ1) is 17.8. The number of hydrogen-bond acceptors (Lipinski definition) is 1. The van der Waals surface area contributed by atoms with E-state index in [9.17, 15) is 26.3 Å². The van der Waals surface area contributed by atoms with Gasteiger partial charge in [-0.05, 0) is 17.7 Å². The van der Waals surface area contributed by atoms with E-state index in [1.165, 1.54) is 6.07 Å². The van der Waals surface area contributed by atoms with E-state index in [2.05, 4.69) is 4.99 Å². The van der Waals surface area contributed by atoms with Crippen LogP contribution in [0.15, 0.2) is 59.6 Å². The quantitative estimate of drug-likeness (QED) is 0.456. The molecule has 0 atom stereocenters. The average molecular weight is 346 g/mol. The molecule has 24 heavy (non-hydrogen) atoms. The lowest BCUT2D eigenvalue weighted by Gasteiger charge is -2.17. The van der Waals surface area contributed by atoms with Crippen molar-refractivity contribution in [1.82, 2.24) is 0 Å². The maximum atomic E-state index is 13.1. The second-order valence-electron chi connectivity index (χ2n) is 4.82. The number of para-hydroxylation sites is 1. The van der Waals surface area contributed by atoms with Crippen LogP contribution in [0.25, 0.3) is 0 Å². The number of halogens is 6. The zero-order valence-corrected chi connectivity index (χ0v) is 12.1. The van der Waals surface area contributed by atoms with Gasteiger partial charge in [-0.3, -0.25) is 4.99 Å². The van der Waals surface area contributed by atoms with E-state index in [-0.39, 0.29) is 6.54 Å². The summed E-state index contributed by atoms with van der Waals surface area (Å²) in [5, 5.41) is 1.77. The first-order chi connectivity index (χ1) is 11.2. The van der Waals surface area contributed by atoms with Gasteiger partial charge in [0.1, 0.15) is 0 Å². The fourth-order valence-corrected chi connectivity index (χ4v) is 1.92. The van der Waals surface area contributed by atoms with Gasteiger partial charge in [0.2, 0.25) is 5.84 Å². The van der Waals surface area contributed by atoms with Crippen molar-refractivity contribution in [3.63, 3.8) is 0 Å². The summed E-state index contributed by atoms with van der Waals surface area (Å²) in [6.07, 6.45) is -9.69. The third kappa shape index (κ3) is 4.74. The molecule has 0 radical (unpaired) electrons.